The maximum atomic E-state index is 12.1. The van der Waals surface area contributed by atoms with E-state index in [2.05, 4.69) is 43.1 Å². The fourth-order valence-corrected chi connectivity index (χ4v) is 4.34. The van der Waals surface area contributed by atoms with Gasteiger partial charge in [-0.2, -0.15) is 0 Å². The molecule has 4 rings (SSSR count). The number of hydrogen-bond donors (Lipinski definition) is 2. The van der Waals surface area contributed by atoms with E-state index in [4.69, 9.17) is 11.6 Å². The van der Waals surface area contributed by atoms with Gasteiger partial charge in [0.2, 0.25) is 0 Å². The molecule has 2 heterocycles. The second kappa shape index (κ2) is 8.76. The molecule has 2 aromatic carbocycles. The van der Waals surface area contributed by atoms with Crippen molar-refractivity contribution in [2.45, 2.75) is 19.5 Å². The maximum Gasteiger partial charge on any atom is 0.356 e. The third-order valence-corrected chi connectivity index (χ3v) is 6.03. The van der Waals surface area contributed by atoms with Crippen molar-refractivity contribution < 1.29 is 9.90 Å². The molecule has 10 heteroatoms. The van der Waals surface area contributed by atoms with E-state index in [0.717, 1.165) is 27.8 Å². The Morgan fingerprint density at radius 1 is 1.34 bits per heavy atom. The first-order chi connectivity index (χ1) is 15.3. The quantitative estimate of drug-likeness (QED) is 0.337. The molecule has 8 nitrogen and oxygen atoms in total. The van der Waals surface area contributed by atoms with Gasteiger partial charge in [-0.05, 0) is 58.2 Å². The molecule has 0 aliphatic carbocycles. The molecular weight excluding hydrogens is 496 g/mol. The van der Waals surface area contributed by atoms with Gasteiger partial charge in [-0.15, -0.1) is 11.7 Å². The van der Waals surface area contributed by atoms with Crippen LogP contribution in [-0.2, 0) is 13.6 Å². The number of carboxylic acids is 1. The summed E-state index contributed by atoms with van der Waals surface area (Å²) < 4.78 is 3.89. The highest BCUT2D eigenvalue weighted by Crippen LogP contribution is 2.33. The monoisotopic (exact) mass is 514 g/mol. The molecule has 32 heavy (non-hydrogen) atoms. The van der Waals surface area contributed by atoms with Crippen LogP contribution in [0.2, 0.25) is 5.02 Å². The van der Waals surface area contributed by atoms with Gasteiger partial charge in [0.1, 0.15) is 5.52 Å². The van der Waals surface area contributed by atoms with Gasteiger partial charge in [0.05, 0.1) is 17.3 Å². The van der Waals surface area contributed by atoms with E-state index in [0.29, 0.717) is 22.0 Å². The van der Waals surface area contributed by atoms with Crippen LogP contribution in [0.1, 0.15) is 33.4 Å². The lowest BCUT2D eigenvalue weighted by atomic mass is 10.0. The normalized spacial score (nSPS) is 12.1. The van der Waals surface area contributed by atoms with Crippen LogP contribution >= 0.6 is 27.5 Å². The molecule has 0 aliphatic rings. The van der Waals surface area contributed by atoms with E-state index in [1.165, 1.54) is 0 Å². The van der Waals surface area contributed by atoms with E-state index in [9.17, 15) is 9.90 Å². The van der Waals surface area contributed by atoms with Crippen molar-refractivity contribution >= 4 is 50.2 Å². The van der Waals surface area contributed by atoms with Crippen molar-refractivity contribution in [3.63, 3.8) is 0 Å². The van der Waals surface area contributed by atoms with Crippen molar-refractivity contribution in [3.8, 4) is 0 Å². The number of aromatic nitrogens is 5. The number of nitrogens with zero attached hydrogens (tertiary/aromatic N) is 5. The van der Waals surface area contributed by atoms with Crippen molar-refractivity contribution in [2.75, 3.05) is 5.32 Å². The molecule has 0 spiro atoms. The number of anilines is 1. The van der Waals surface area contributed by atoms with Crippen LogP contribution < -0.4 is 5.32 Å². The summed E-state index contributed by atoms with van der Waals surface area (Å²) in [6, 6.07) is 10.6. The number of carboxylic acid groups (broad SMARTS) is 1. The van der Waals surface area contributed by atoms with E-state index in [-0.39, 0.29) is 5.69 Å². The summed E-state index contributed by atoms with van der Waals surface area (Å²) in [6.45, 7) is 6.14. The Labute approximate surface area is 197 Å². The van der Waals surface area contributed by atoms with Gasteiger partial charge < -0.3 is 15.0 Å². The molecule has 1 atom stereocenters. The number of allylic oxidation sites excluding steroid dienone is 1. The van der Waals surface area contributed by atoms with Crippen LogP contribution in [0.15, 0.2) is 53.8 Å². The highest BCUT2D eigenvalue weighted by molar-refractivity contribution is 9.10. The summed E-state index contributed by atoms with van der Waals surface area (Å²) in [5, 5.41) is 22.3. The average Bonchev–Trinajstić information content (AvgIpc) is 3.28. The molecule has 164 valence electrons. The van der Waals surface area contributed by atoms with Gasteiger partial charge in [0, 0.05) is 24.3 Å². The Morgan fingerprint density at radius 2 is 2.06 bits per heavy atom. The molecule has 1 unspecified atom stereocenters. The van der Waals surface area contributed by atoms with Crippen LogP contribution in [0.25, 0.3) is 11.0 Å². The smallest absolute Gasteiger partial charge is 0.356 e. The fourth-order valence-electron chi connectivity index (χ4n) is 3.70. The summed E-state index contributed by atoms with van der Waals surface area (Å²) in [6.07, 6.45) is 1.69. The molecule has 0 fully saturated rings. The molecule has 2 aromatic heterocycles. The molecular formula is C22H20BrClN6O2. The minimum Gasteiger partial charge on any atom is -0.476 e. The van der Waals surface area contributed by atoms with E-state index in [1.54, 1.807) is 27.5 Å². The second-order valence-electron chi connectivity index (χ2n) is 7.32. The molecule has 4 aromatic rings. The average molecular weight is 516 g/mol. The fraction of sp³-hybridized carbons (Fsp3) is 0.182. The van der Waals surface area contributed by atoms with Crippen LogP contribution in [0.4, 0.5) is 5.69 Å². The summed E-state index contributed by atoms with van der Waals surface area (Å²) >= 11 is 9.51. The van der Waals surface area contributed by atoms with Gasteiger partial charge in [0.25, 0.3) is 0 Å². The van der Waals surface area contributed by atoms with Gasteiger partial charge in [0.15, 0.2) is 10.4 Å². The molecule has 0 amide bonds. The van der Waals surface area contributed by atoms with Crippen LogP contribution in [0.5, 0.6) is 0 Å². The standard InChI is InChI=1S/C22H20BrClN6O2/c1-4-9-30-20(19(21(31)32)26-22(30)23)18(13-5-7-14(24)8-6-13)25-15-10-12(2)17-16(11-15)29(3)28-27-17/h4-8,10-11,18,25H,1,9H2,2-3H3,(H,31,32). The van der Waals surface area contributed by atoms with Crippen molar-refractivity contribution in [3.05, 3.63) is 81.3 Å². The largest absolute Gasteiger partial charge is 0.476 e. The van der Waals surface area contributed by atoms with E-state index in [1.807, 2.05) is 38.2 Å². The van der Waals surface area contributed by atoms with Crippen LogP contribution in [0, 0.1) is 6.92 Å². The zero-order valence-electron chi connectivity index (χ0n) is 17.4. The minimum absolute atomic E-state index is 0.0498. The van der Waals surface area contributed by atoms with Crippen molar-refractivity contribution in [1.82, 2.24) is 24.5 Å². The molecule has 0 saturated carbocycles. The Morgan fingerprint density at radius 3 is 2.72 bits per heavy atom. The first kappa shape index (κ1) is 22.0. The number of rotatable bonds is 7. The Hall–Kier alpha value is -3.17. The zero-order chi connectivity index (χ0) is 23.0. The van der Waals surface area contributed by atoms with Crippen molar-refractivity contribution in [1.29, 1.82) is 0 Å². The second-order valence-corrected chi connectivity index (χ2v) is 8.47. The lowest BCUT2D eigenvalue weighted by molar-refractivity contribution is 0.0689. The highest BCUT2D eigenvalue weighted by Gasteiger charge is 2.29. The zero-order valence-corrected chi connectivity index (χ0v) is 19.7. The molecule has 0 saturated heterocycles. The number of nitrogens with one attached hydrogen (secondary N) is 1. The lowest BCUT2D eigenvalue weighted by Crippen LogP contribution is -2.20. The van der Waals surface area contributed by atoms with Gasteiger partial charge in [-0.1, -0.05) is 35.0 Å². The first-order valence-corrected chi connectivity index (χ1v) is 10.9. The number of halogens is 2. The predicted octanol–water partition coefficient (Wildman–Crippen LogP) is 4.97. The Bertz CT molecular complexity index is 1330. The van der Waals surface area contributed by atoms with Crippen LogP contribution in [0.3, 0.4) is 0 Å². The molecule has 2 N–H and O–H groups in total. The first-order valence-electron chi connectivity index (χ1n) is 9.72. The highest BCUT2D eigenvalue weighted by atomic mass is 79.9. The number of imidazole rings is 1. The SMILES string of the molecule is C=CCn1c(Br)nc(C(=O)O)c1C(Nc1cc(C)c2nnn(C)c2c1)c1ccc(Cl)cc1. The number of aryl methyl sites for hydroxylation is 2. The third kappa shape index (κ3) is 4.01. The number of fused-ring (bicyclic) bond motifs is 1. The molecule has 0 bridgehead atoms. The van der Waals surface area contributed by atoms with Crippen molar-refractivity contribution in [2.24, 2.45) is 7.05 Å². The molecule has 0 aliphatic heterocycles. The Balaban J connectivity index is 1.92. The number of carbonyl (C=O) groups is 1. The van der Waals surface area contributed by atoms with Crippen LogP contribution in [-0.4, -0.2) is 35.6 Å². The maximum absolute atomic E-state index is 12.1. The van der Waals surface area contributed by atoms with Gasteiger partial charge in [-0.25, -0.2) is 14.5 Å². The van der Waals surface area contributed by atoms with Gasteiger partial charge in [-0.3, -0.25) is 0 Å². The topological polar surface area (TPSA) is 97.9 Å². The number of benzene rings is 2. The summed E-state index contributed by atoms with van der Waals surface area (Å²) in [5.41, 5.74) is 4.69. The molecule has 0 radical (unpaired) electrons. The summed E-state index contributed by atoms with van der Waals surface area (Å²) in [4.78, 5) is 16.3. The van der Waals surface area contributed by atoms with E-state index >= 15 is 0 Å². The third-order valence-electron chi connectivity index (χ3n) is 5.17. The minimum atomic E-state index is -1.12. The summed E-state index contributed by atoms with van der Waals surface area (Å²) in [5.74, 6) is -1.12. The summed E-state index contributed by atoms with van der Waals surface area (Å²) in [7, 11) is 1.83. The number of hydrogen-bond acceptors (Lipinski definition) is 5. The number of aromatic carboxylic acids is 1. The predicted molar refractivity (Wildman–Crippen MR) is 127 cm³/mol. The lowest BCUT2D eigenvalue weighted by Gasteiger charge is -2.23. The Kier molecular flexibility index (Phi) is 6.03. The van der Waals surface area contributed by atoms with E-state index < -0.39 is 12.0 Å². The van der Waals surface area contributed by atoms with Gasteiger partial charge >= 0.3 is 5.97 Å².